The van der Waals surface area contributed by atoms with E-state index in [1.807, 2.05) is 27.7 Å². The first-order chi connectivity index (χ1) is 11.7. The number of amides is 1. The molecule has 2 aliphatic heterocycles. The number of likely N-dealkylation sites (tertiary alicyclic amines) is 2. The van der Waals surface area contributed by atoms with Gasteiger partial charge < -0.3 is 14.7 Å². The number of carbonyl (C=O) groups excluding carboxylic acids is 1. The Hall–Kier alpha value is -1.11. The lowest BCUT2D eigenvalue weighted by atomic mass is 9.87. The SMILES string of the molecule is CC(C)(C)OC(=O)N1CCC(C)(O)C(N2CCCC2c2cccs2)C1. The Morgan fingerprint density at radius 1 is 1.40 bits per heavy atom. The van der Waals surface area contributed by atoms with E-state index in [2.05, 4.69) is 22.4 Å². The summed E-state index contributed by atoms with van der Waals surface area (Å²) in [5.74, 6) is 0. The lowest BCUT2D eigenvalue weighted by Crippen LogP contribution is -2.62. The minimum atomic E-state index is -0.793. The van der Waals surface area contributed by atoms with Crippen molar-refractivity contribution >= 4 is 17.4 Å². The van der Waals surface area contributed by atoms with Gasteiger partial charge in [0.1, 0.15) is 5.60 Å². The molecule has 0 saturated carbocycles. The molecule has 0 aliphatic carbocycles. The molecule has 0 aromatic carbocycles. The van der Waals surface area contributed by atoms with Gasteiger partial charge in [-0.05, 0) is 64.9 Å². The van der Waals surface area contributed by atoms with Gasteiger partial charge in [0, 0.05) is 24.0 Å². The van der Waals surface area contributed by atoms with E-state index >= 15 is 0 Å². The molecular formula is C19H30N2O3S. The predicted octanol–water partition coefficient (Wildman–Crippen LogP) is 3.65. The van der Waals surface area contributed by atoms with Crippen molar-refractivity contribution in [3.63, 3.8) is 0 Å². The van der Waals surface area contributed by atoms with Crippen molar-refractivity contribution in [1.29, 1.82) is 0 Å². The average Bonchev–Trinajstić information content (AvgIpc) is 3.15. The normalized spacial score (nSPS) is 31.3. The molecule has 2 aliphatic rings. The van der Waals surface area contributed by atoms with Gasteiger partial charge in [-0.3, -0.25) is 4.90 Å². The number of hydrogen-bond acceptors (Lipinski definition) is 5. The van der Waals surface area contributed by atoms with Gasteiger partial charge >= 0.3 is 6.09 Å². The summed E-state index contributed by atoms with van der Waals surface area (Å²) in [6.07, 6.45) is 2.53. The van der Waals surface area contributed by atoms with Crippen LogP contribution in [0.1, 0.15) is 57.9 Å². The fourth-order valence-corrected chi connectivity index (χ4v) is 4.81. The van der Waals surface area contributed by atoms with Crippen molar-refractivity contribution in [2.75, 3.05) is 19.6 Å². The minimum Gasteiger partial charge on any atom is -0.444 e. The third-order valence-corrected chi connectivity index (χ3v) is 6.19. The molecule has 25 heavy (non-hydrogen) atoms. The quantitative estimate of drug-likeness (QED) is 0.868. The molecule has 2 fully saturated rings. The smallest absolute Gasteiger partial charge is 0.410 e. The summed E-state index contributed by atoms with van der Waals surface area (Å²) in [5.41, 5.74) is -1.29. The second-order valence-corrected chi connectivity index (χ2v) is 9.44. The second kappa shape index (κ2) is 6.89. The topological polar surface area (TPSA) is 53.0 Å². The first-order valence-corrected chi connectivity index (χ1v) is 10.0. The van der Waals surface area contributed by atoms with E-state index in [1.165, 1.54) is 4.88 Å². The Balaban J connectivity index is 1.77. The summed E-state index contributed by atoms with van der Waals surface area (Å²) in [5, 5.41) is 13.1. The van der Waals surface area contributed by atoms with Crippen LogP contribution < -0.4 is 0 Å². The molecule has 6 heteroatoms. The molecule has 1 N–H and O–H groups in total. The lowest BCUT2D eigenvalue weighted by molar-refractivity contribution is -0.0864. The van der Waals surface area contributed by atoms with E-state index in [1.54, 1.807) is 16.2 Å². The first-order valence-electron chi connectivity index (χ1n) is 9.17. The molecule has 3 atom stereocenters. The maximum Gasteiger partial charge on any atom is 0.410 e. The van der Waals surface area contributed by atoms with E-state index in [-0.39, 0.29) is 12.1 Å². The molecule has 0 bridgehead atoms. The van der Waals surface area contributed by atoms with E-state index in [4.69, 9.17) is 4.74 Å². The molecule has 140 valence electrons. The zero-order chi connectivity index (χ0) is 18.2. The number of nitrogens with zero attached hydrogens (tertiary/aromatic N) is 2. The van der Waals surface area contributed by atoms with Crippen molar-refractivity contribution in [3.05, 3.63) is 22.4 Å². The van der Waals surface area contributed by atoms with Crippen molar-refractivity contribution in [2.24, 2.45) is 0 Å². The highest BCUT2D eigenvalue weighted by molar-refractivity contribution is 7.10. The molecule has 2 saturated heterocycles. The zero-order valence-corrected chi connectivity index (χ0v) is 16.5. The van der Waals surface area contributed by atoms with Crippen LogP contribution in [-0.2, 0) is 4.74 Å². The average molecular weight is 367 g/mol. The van der Waals surface area contributed by atoms with Crippen molar-refractivity contribution in [2.45, 2.75) is 70.2 Å². The van der Waals surface area contributed by atoms with Gasteiger partial charge in [-0.1, -0.05) is 6.07 Å². The number of thiophene rings is 1. The molecule has 3 unspecified atom stereocenters. The molecule has 1 aromatic heterocycles. The predicted molar refractivity (Wildman–Crippen MR) is 99.8 cm³/mol. The van der Waals surface area contributed by atoms with Crippen molar-refractivity contribution in [1.82, 2.24) is 9.80 Å². The minimum absolute atomic E-state index is 0.0663. The van der Waals surface area contributed by atoms with Crippen LogP contribution in [-0.4, -0.2) is 57.9 Å². The summed E-state index contributed by atoms with van der Waals surface area (Å²) < 4.78 is 5.54. The van der Waals surface area contributed by atoms with Gasteiger partial charge in [0.15, 0.2) is 0 Å². The van der Waals surface area contributed by atoms with Gasteiger partial charge in [0.25, 0.3) is 0 Å². The molecular weight excluding hydrogens is 336 g/mol. The fraction of sp³-hybridized carbons (Fsp3) is 0.737. The Labute approximate surface area is 154 Å². The maximum absolute atomic E-state index is 12.5. The van der Waals surface area contributed by atoms with Gasteiger partial charge in [-0.25, -0.2) is 4.79 Å². The van der Waals surface area contributed by atoms with Crippen LogP contribution in [0.5, 0.6) is 0 Å². The Kier molecular flexibility index (Phi) is 5.15. The highest BCUT2D eigenvalue weighted by Crippen LogP contribution is 2.40. The number of hydrogen-bond donors (Lipinski definition) is 1. The van der Waals surface area contributed by atoms with Crippen LogP contribution in [0.4, 0.5) is 4.79 Å². The van der Waals surface area contributed by atoms with Crippen LogP contribution in [0.3, 0.4) is 0 Å². The van der Waals surface area contributed by atoms with Crippen LogP contribution in [0, 0.1) is 0 Å². The Morgan fingerprint density at radius 2 is 2.16 bits per heavy atom. The van der Waals surface area contributed by atoms with E-state index in [9.17, 15) is 9.90 Å². The number of aliphatic hydroxyl groups is 1. The molecule has 1 aromatic rings. The summed E-state index contributed by atoms with van der Waals surface area (Å²) in [7, 11) is 0. The number of rotatable bonds is 2. The van der Waals surface area contributed by atoms with Crippen molar-refractivity contribution < 1.29 is 14.6 Å². The molecule has 0 radical (unpaired) electrons. The van der Waals surface area contributed by atoms with Crippen molar-refractivity contribution in [3.8, 4) is 0 Å². The third kappa shape index (κ3) is 4.18. The van der Waals surface area contributed by atoms with Crippen LogP contribution >= 0.6 is 11.3 Å². The summed E-state index contributed by atoms with van der Waals surface area (Å²) in [6.45, 7) is 9.58. The Bertz CT molecular complexity index is 594. The summed E-state index contributed by atoms with van der Waals surface area (Å²) >= 11 is 1.77. The van der Waals surface area contributed by atoms with Gasteiger partial charge in [0.2, 0.25) is 0 Å². The monoisotopic (exact) mass is 366 g/mol. The standard InChI is InChI=1S/C19H30N2O3S/c1-18(2,3)24-17(22)20-11-9-19(4,23)16(13-20)21-10-5-7-14(21)15-8-6-12-25-15/h6,8,12,14,16,23H,5,7,9-11,13H2,1-4H3. The largest absolute Gasteiger partial charge is 0.444 e. The van der Waals surface area contributed by atoms with Crippen LogP contribution in [0.15, 0.2) is 17.5 Å². The van der Waals surface area contributed by atoms with E-state index in [0.717, 1.165) is 19.4 Å². The molecule has 1 amide bonds. The lowest BCUT2D eigenvalue weighted by Gasteiger charge is -2.48. The second-order valence-electron chi connectivity index (χ2n) is 8.46. The molecule has 5 nitrogen and oxygen atoms in total. The highest BCUT2D eigenvalue weighted by atomic mass is 32.1. The van der Waals surface area contributed by atoms with Crippen LogP contribution in [0.2, 0.25) is 0 Å². The molecule has 0 spiro atoms. The highest BCUT2D eigenvalue weighted by Gasteiger charge is 2.46. The zero-order valence-electron chi connectivity index (χ0n) is 15.7. The summed E-state index contributed by atoms with van der Waals surface area (Å²) in [6, 6.07) is 4.54. The van der Waals surface area contributed by atoms with Gasteiger partial charge in [-0.2, -0.15) is 0 Å². The van der Waals surface area contributed by atoms with Gasteiger partial charge in [-0.15, -0.1) is 11.3 Å². The molecule has 3 heterocycles. The number of carbonyl (C=O) groups is 1. The van der Waals surface area contributed by atoms with E-state index < -0.39 is 11.2 Å². The fourth-order valence-electron chi connectivity index (χ4n) is 3.93. The van der Waals surface area contributed by atoms with Gasteiger partial charge in [0.05, 0.1) is 11.6 Å². The van der Waals surface area contributed by atoms with Crippen LogP contribution in [0.25, 0.3) is 0 Å². The summed E-state index contributed by atoms with van der Waals surface area (Å²) in [4.78, 5) is 18.0. The third-order valence-electron chi connectivity index (χ3n) is 5.22. The number of piperidine rings is 1. The maximum atomic E-state index is 12.5. The number of ether oxygens (including phenoxy) is 1. The van der Waals surface area contributed by atoms with E-state index in [0.29, 0.717) is 25.6 Å². The Morgan fingerprint density at radius 3 is 2.80 bits per heavy atom. The molecule has 3 rings (SSSR count). The first kappa shape index (κ1) is 18.7.